The summed E-state index contributed by atoms with van der Waals surface area (Å²) in [7, 11) is 0. The largest absolute Gasteiger partial charge is 0.355 e. The molecule has 2 aliphatic rings. The third kappa shape index (κ3) is 4.13. The van der Waals surface area contributed by atoms with E-state index in [9.17, 15) is 10.1 Å². The Labute approximate surface area is 182 Å². The first-order valence-electron chi connectivity index (χ1n) is 10.6. The highest BCUT2D eigenvalue weighted by atomic mass is 35.5. The lowest BCUT2D eigenvalue weighted by Gasteiger charge is -2.34. The minimum absolute atomic E-state index is 0.144. The lowest BCUT2D eigenvalue weighted by molar-refractivity contribution is -0.126. The van der Waals surface area contributed by atoms with Crippen LogP contribution in [0.1, 0.15) is 49.8 Å². The highest BCUT2D eigenvalue weighted by molar-refractivity contribution is 6.30. The van der Waals surface area contributed by atoms with Crippen molar-refractivity contribution in [3.63, 3.8) is 0 Å². The molecule has 0 bridgehead atoms. The Bertz CT molecular complexity index is 925. The Morgan fingerprint density at radius 2 is 1.83 bits per heavy atom. The van der Waals surface area contributed by atoms with Crippen molar-refractivity contribution in [1.82, 2.24) is 15.3 Å². The van der Waals surface area contributed by atoms with Crippen molar-refractivity contribution in [2.24, 2.45) is 5.92 Å². The van der Waals surface area contributed by atoms with E-state index < -0.39 is 5.41 Å². The van der Waals surface area contributed by atoms with E-state index in [4.69, 9.17) is 11.6 Å². The fraction of sp³-hybridized carbons (Fsp3) is 0.478. The molecule has 1 saturated carbocycles. The minimum atomic E-state index is -0.424. The van der Waals surface area contributed by atoms with E-state index >= 15 is 0 Å². The van der Waals surface area contributed by atoms with Gasteiger partial charge in [-0.1, -0.05) is 36.6 Å². The second-order valence-electron chi connectivity index (χ2n) is 8.28. The topological polar surface area (TPSA) is 81.9 Å². The number of hydrogen-bond acceptors (Lipinski definition) is 5. The normalized spacial score (nSPS) is 18.7. The van der Waals surface area contributed by atoms with Crippen molar-refractivity contribution in [2.45, 2.75) is 43.9 Å². The van der Waals surface area contributed by atoms with E-state index in [1.807, 2.05) is 24.3 Å². The molecular weight excluding hydrogens is 398 g/mol. The molecule has 0 unspecified atom stereocenters. The van der Waals surface area contributed by atoms with Crippen LogP contribution in [-0.4, -0.2) is 35.5 Å². The number of piperidine rings is 1. The number of aromatic nitrogens is 2. The number of nitrogens with zero attached hydrogens (tertiary/aromatic N) is 4. The number of rotatable bonds is 5. The molecule has 1 aliphatic carbocycles. The highest BCUT2D eigenvalue weighted by Crippen LogP contribution is 2.41. The van der Waals surface area contributed by atoms with Gasteiger partial charge in [0, 0.05) is 37.1 Å². The quantitative estimate of drug-likeness (QED) is 0.789. The van der Waals surface area contributed by atoms with Crippen LogP contribution in [0, 0.1) is 17.2 Å². The third-order valence-electron chi connectivity index (χ3n) is 6.54. The average molecular weight is 424 g/mol. The van der Waals surface area contributed by atoms with Crippen molar-refractivity contribution < 1.29 is 4.79 Å². The molecule has 30 heavy (non-hydrogen) atoms. The molecule has 7 heteroatoms. The summed E-state index contributed by atoms with van der Waals surface area (Å²) in [5.74, 6) is 1.23. The van der Waals surface area contributed by atoms with E-state index in [2.05, 4.69) is 26.3 Å². The lowest BCUT2D eigenvalue weighted by Crippen LogP contribution is -2.46. The molecule has 4 rings (SSSR count). The number of hydrogen-bond donors (Lipinski definition) is 1. The first-order chi connectivity index (χ1) is 14.6. The van der Waals surface area contributed by atoms with Gasteiger partial charge in [-0.2, -0.15) is 5.26 Å². The molecule has 1 N–H and O–H groups in total. The van der Waals surface area contributed by atoms with Gasteiger partial charge >= 0.3 is 0 Å². The van der Waals surface area contributed by atoms with Crippen LogP contribution < -0.4 is 10.2 Å². The number of amides is 1. The molecule has 0 spiro atoms. The summed E-state index contributed by atoms with van der Waals surface area (Å²) in [6.45, 7) is 2.32. The second-order valence-corrected chi connectivity index (χ2v) is 8.71. The van der Waals surface area contributed by atoms with E-state index in [0.717, 1.165) is 57.2 Å². The molecule has 0 radical (unpaired) electrons. The molecule has 1 amide bonds. The van der Waals surface area contributed by atoms with Crippen molar-refractivity contribution in [3.8, 4) is 6.07 Å². The maximum absolute atomic E-state index is 13.3. The van der Waals surface area contributed by atoms with Crippen molar-refractivity contribution in [3.05, 3.63) is 52.9 Å². The average Bonchev–Trinajstić information content (AvgIpc) is 3.29. The Morgan fingerprint density at radius 3 is 2.50 bits per heavy atom. The van der Waals surface area contributed by atoms with Crippen LogP contribution >= 0.6 is 11.6 Å². The SMILES string of the molecule is N#Cc1nccnc1N1CCC(CNC(=O)C2(c3ccc(Cl)cc3)CCCC2)CC1. The maximum Gasteiger partial charge on any atom is 0.230 e. The van der Waals surface area contributed by atoms with Gasteiger partial charge in [0.25, 0.3) is 0 Å². The lowest BCUT2D eigenvalue weighted by atomic mass is 9.78. The Morgan fingerprint density at radius 1 is 1.17 bits per heavy atom. The number of nitrogens with one attached hydrogen (secondary N) is 1. The molecule has 1 aliphatic heterocycles. The van der Waals surface area contributed by atoms with Gasteiger partial charge in [0.2, 0.25) is 5.91 Å². The van der Waals surface area contributed by atoms with Gasteiger partial charge in [0.05, 0.1) is 5.41 Å². The summed E-state index contributed by atoms with van der Waals surface area (Å²) in [6, 6.07) is 9.87. The smallest absolute Gasteiger partial charge is 0.230 e. The minimum Gasteiger partial charge on any atom is -0.355 e. The first-order valence-corrected chi connectivity index (χ1v) is 11.0. The molecule has 2 fully saturated rings. The summed E-state index contributed by atoms with van der Waals surface area (Å²) in [5.41, 5.74) is 1.02. The van der Waals surface area contributed by atoms with Gasteiger partial charge in [-0.25, -0.2) is 9.97 Å². The molecule has 156 valence electrons. The fourth-order valence-corrected chi connectivity index (χ4v) is 4.92. The van der Waals surface area contributed by atoms with E-state index in [-0.39, 0.29) is 5.91 Å². The summed E-state index contributed by atoms with van der Waals surface area (Å²) in [6.07, 6.45) is 9.02. The molecular formula is C23H26ClN5O. The zero-order valence-electron chi connectivity index (χ0n) is 17.0. The monoisotopic (exact) mass is 423 g/mol. The van der Waals surface area contributed by atoms with Gasteiger partial charge < -0.3 is 10.2 Å². The van der Waals surface area contributed by atoms with Gasteiger partial charge in [-0.15, -0.1) is 0 Å². The summed E-state index contributed by atoms with van der Waals surface area (Å²) in [5, 5.41) is 13.2. The van der Waals surface area contributed by atoms with Crippen LogP contribution in [-0.2, 0) is 10.2 Å². The molecule has 2 aromatic rings. The molecule has 1 aromatic heterocycles. The number of carbonyl (C=O) groups excluding carboxylic acids is 1. The zero-order chi connectivity index (χ0) is 21.0. The number of halogens is 1. The highest BCUT2D eigenvalue weighted by Gasteiger charge is 2.42. The fourth-order valence-electron chi connectivity index (χ4n) is 4.79. The number of nitriles is 1. The van der Waals surface area contributed by atoms with E-state index in [0.29, 0.717) is 29.0 Å². The number of carbonyl (C=O) groups is 1. The molecule has 0 atom stereocenters. The standard InChI is InChI=1S/C23H26ClN5O/c24-19-5-3-18(4-6-19)23(9-1-2-10-23)22(30)28-16-17-7-13-29(14-8-17)21-20(15-25)26-11-12-27-21/h3-6,11-12,17H,1-2,7-10,13-14,16H2,(H,28,30). The number of anilines is 1. The summed E-state index contributed by atoms with van der Waals surface area (Å²) < 4.78 is 0. The predicted octanol–water partition coefficient (Wildman–Crippen LogP) is 3.85. The molecule has 1 saturated heterocycles. The maximum atomic E-state index is 13.3. The van der Waals surface area contributed by atoms with Crippen LogP contribution in [0.25, 0.3) is 0 Å². The van der Waals surface area contributed by atoms with Gasteiger partial charge in [-0.05, 0) is 49.3 Å². The van der Waals surface area contributed by atoms with Crippen molar-refractivity contribution in [2.75, 3.05) is 24.5 Å². The van der Waals surface area contributed by atoms with Crippen molar-refractivity contribution in [1.29, 1.82) is 5.26 Å². The second kappa shape index (κ2) is 9.01. The van der Waals surface area contributed by atoms with Crippen molar-refractivity contribution >= 4 is 23.3 Å². The van der Waals surface area contributed by atoms with Crippen LogP contribution in [0.2, 0.25) is 5.02 Å². The molecule has 1 aromatic carbocycles. The number of benzene rings is 1. The van der Waals surface area contributed by atoms with E-state index in [1.54, 1.807) is 12.4 Å². The Kier molecular flexibility index (Phi) is 6.19. The van der Waals surface area contributed by atoms with Crippen LogP contribution in [0.4, 0.5) is 5.82 Å². The summed E-state index contributed by atoms with van der Waals surface area (Å²) in [4.78, 5) is 23.8. The van der Waals surface area contributed by atoms with Crippen LogP contribution in [0.15, 0.2) is 36.7 Å². The Hall–Kier alpha value is -2.65. The summed E-state index contributed by atoms with van der Waals surface area (Å²) >= 11 is 6.05. The van der Waals surface area contributed by atoms with Gasteiger partial charge in [-0.3, -0.25) is 4.79 Å². The van der Waals surface area contributed by atoms with Crippen LogP contribution in [0.5, 0.6) is 0 Å². The van der Waals surface area contributed by atoms with Gasteiger partial charge in [0.15, 0.2) is 11.5 Å². The van der Waals surface area contributed by atoms with E-state index in [1.165, 1.54) is 0 Å². The third-order valence-corrected chi connectivity index (χ3v) is 6.79. The Balaban J connectivity index is 1.35. The van der Waals surface area contributed by atoms with Crippen LogP contribution in [0.3, 0.4) is 0 Å². The molecule has 6 nitrogen and oxygen atoms in total. The first kappa shape index (κ1) is 20.6. The predicted molar refractivity (Wildman–Crippen MR) is 116 cm³/mol. The molecule has 2 heterocycles. The van der Waals surface area contributed by atoms with Gasteiger partial charge in [0.1, 0.15) is 6.07 Å². The zero-order valence-corrected chi connectivity index (χ0v) is 17.7.